The molecule has 1 heterocycles. The molecule has 1 aromatic heterocycles. The highest BCUT2D eigenvalue weighted by molar-refractivity contribution is 5.94. The third-order valence-electron chi connectivity index (χ3n) is 4.32. The zero-order valence-electron chi connectivity index (χ0n) is 16.0. The van der Waals surface area contributed by atoms with Crippen molar-refractivity contribution in [1.82, 2.24) is 14.9 Å². The predicted molar refractivity (Wildman–Crippen MR) is 107 cm³/mol. The van der Waals surface area contributed by atoms with Crippen molar-refractivity contribution in [3.8, 4) is 5.75 Å². The van der Waals surface area contributed by atoms with E-state index in [4.69, 9.17) is 15.5 Å². The molecule has 146 valence electrons. The molecule has 0 fully saturated rings. The lowest BCUT2D eigenvalue weighted by Gasteiger charge is -2.13. The van der Waals surface area contributed by atoms with E-state index in [1.54, 1.807) is 24.3 Å². The molecule has 2 amide bonds. The van der Waals surface area contributed by atoms with E-state index < -0.39 is 5.91 Å². The summed E-state index contributed by atoms with van der Waals surface area (Å²) in [5, 5.41) is 2.92. The molecular formula is C21H24N4O3. The molecule has 0 atom stereocenters. The Balaban J connectivity index is 1.60. The molecule has 0 unspecified atom stereocenters. The first kappa shape index (κ1) is 19.4. The number of para-hydroxylation sites is 2. The van der Waals surface area contributed by atoms with Crippen LogP contribution in [0, 0.1) is 0 Å². The Bertz CT molecular complexity index is 977. The maximum atomic E-state index is 12.3. The van der Waals surface area contributed by atoms with Crippen LogP contribution in [-0.4, -0.2) is 34.5 Å². The van der Waals surface area contributed by atoms with Crippen LogP contribution in [0.25, 0.3) is 11.0 Å². The Labute approximate surface area is 163 Å². The third kappa shape index (κ3) is 4.49. The fraction of sp³-hybridized carbons (Fsp3) is 0.286. The number of nitrogens with one attached hydrogen (secondary N) is 1. The van der Waals surface area contributed by atoms with Crippen LogP contribution in [0.5, 0.6) is 5.75 Å². The topological polar surface area (TPSA) is 99.2 Å². The number of rotatable bonds is 8. The molecule has 0 radical (unpaired) electrons. The third-order valence-corrected chi connectivity index (χ3v) is 4.32. The highest BCUT2D eigenvalue weighted by Crippen LogP contribution is 2.21. The molecule has 0 aliphatic heterocycles. The molecular weight excluding hydrogens is 356 g/mol. The lowest BCUT2D eigenvalue weighted by Crippen LogP contribution is -2.26. The number of primary amides is 1. The van der Waals surface area contributed by atoms with Crippen molar-refractivity contribution >= 4 is 22.8 Å². The van der Waals surface area contributed by atoms with E-state index in [1.165, 1.54) is 0 Å². The minimum absolute atomic E-state index is 0.173. The van der Waals surface area contributed by atoms with Crippen molar-refractivity contribution in [3.05, 3.63) is 59.9 Å². The molecule has 3 N–H and O–H groups in total. The van der Waals surface area contributed by atoms with Crippen molar-refractivity contribution in [2.24, 2.45) is 5.73 Å². The van der Waals surface area contributed by atoms with Gasteiger partial charge in [-0.3, -0.25) is 9.59 Å². The first-order valence-electron chi connectivity index (χ1n) is 9.21. The van der Waals surface area contributed by atoms with E-state index in [2.05, 4.69) is 29.8 Å². The maximum Gasteiger partial charge on any atom is 0.255 e. The van der Waals surface area contributed by atoms with Crippen molar-refractivity contribution in [1.29, 1.82) is 0 Å². The van der Waals surface area contributed by atoms with Crippen LogP contribution in [0.15, 0.2) is 48.5 Å². The normalized spacial score (nSPS) is 11.0. The number of carbonyl (C=O) groups excluding carboxylic acids is 2. The number of carbonyl (C=O) groups is 2. The largest absolute Gasteiger partial charge is 0.484 e. The van der Waals surface area contributed by atoms with Gasteiger partial charge in [-0.05, 0) is 50.2 Å². The number of hydrogen-bond acceptors (Lipinski definition) is 4. The molecule has 0 aliphatic carbocycles. The van der Waals surface area contributed by atoms with E-state index in [0.717, 1.165) is 16.9 Å². The molecule has 7 nitrogen and oxygen atoms in total. The van der Waals surface area contributed by atoms with Gasteiger partial charge in [0.15, 0.2) is 6.61 Å². The molecule has 0 saturated carbocycles. The van der Waals surface area contributed by atoms with Crippen LogP contribution in [0.4, 0.5) is 0 Å². The monoisotopic (exact) mass is 380 g/mol. The first-order valence-corrected chi connectivity index (χ1v) is 9.21. The molecule has 7 heteroatoms. The van der Waals surface area contributed by atoms with Gasteiger partial charge in [-0.1, -0.05) is 12.1 Å². The minimum atomic E-state index is -0.547. The molecule has 2 aromatic carbocycles. The number of hydrogen-bond donors (Lipinski definition) is 2. The summed E-state index contributed by atoms with van der Waals surface area (Å²) in [5.41, 5.74) is 7.62. The summed E-state index contributed by atoms with van der Waals surface area (Å²) in [5.74, 6) is 0.718. The Hall–Kier alpha value is -3.35. The molecule has 0 bridgehead atoms. The fourth-order valence-electron chi connectivity index (χ4n) is 3.09. The molecule has 28 heavy (non-hydrogen) atoms. The number of fused-ring (bicyclic) bond motifs is 1. The minimum Gasteiger partial charge on any atom is -0.484 e. The second-order valence-corrected chi connectivity index (χ2v) is 6.77. The van der Waals surface area contributed by atoms with E-state index >= 15 is 0 Å². The second kappa shape index (κ2) is 8.56. The van der Waals surface area contributed by atoms with E-state index in [-0.39, 0.29) is 18.6 Å². The summed E-state index contributed by atoms with van der Waals surface area (Å²) in [4.78, 5) is 27.8. The number of nitrogens with two attached hydrogens (primary N) is 1. The molecule has 0 saturated heterocycles. The van der Waals surface area contributed by atoms with Gasteiger partial charge in [-0.15, -0.1) is 0 Å². The summed E-state index contributed by atoms with van der Waals surface area (Å²) in [6, 6.07) is 14.9. The first-order chi connectivity index (χ1) is 13.5. The van der Waals surface area contributed by atoms with Crippen LogP contribution in [0.1, 0.15) is 36.1 Å². The van der Waals surface area contributed by atoms with Gasteiger partial charge in [0.2, 0.25) is 0 Å². The summed E-state index contributed by atoms with van der Waals surface area (Å²) in [6.45, 7) is 4.54. The van der Waals surface area contributed by atoms with E-state index in [9.17, 15) is 9.59 Å². The average molecular weight is 380 g/mol. The highest BCUT2D eigenvalue weighted by atomic mass is 16.5. The molecule has 0 aliphatic rings. The zero-order chi connectivity index (χ0) is 20.1. The Morgan fingerprint density at radius 2 is 1.86 bits per heavy atom. The quantitative estimate of drug-likeness (QED) is 0.627. The maximum absolute atomic E-state index is 12.3. The van der Waals surface area contributed by atoms with Gasteiger partial charge in [-0.2, -0.15) is 0 Å². The molecule has 0 spiro atoms. The van der Waals surface area contributed by atoms with Gasteiger partial charge in [-0.25, -0.2) is 4.98 Å². The van der Waals surface area contributed by atoms with Crippen LogP contribution in [-0.2, 0) is 11.2 Å². The number of amides is 2. The number of aromatic nitrogens is 2. The van der Waals surface area contributed by atoms with Gasteiger partial charge in [0.05, 0.1) is 11.0 Å². The van der Waals surface area contributed by atoms with Crippen molar-refractivity contribution in [2.45, 2.75) is 26.3 Å². The van der Waals surface area contributed by atoms with E-state index in [0.29, 0.717) is 24.3 Å². The summed E-state index contributed by atoms with van der Waals surface area (Å²) in [6.07, 6.45) is 0.637. The number of imidazole rings is 1. The fourth-order valence-corrected chi connectivity index (χ4v) is 3.09. The lowest BCUT2D eigenvalue weighted by atomic mass is 10.2. The smallest absolute Gasteiger partial charge is 0.255 e. The van der Waals surface area contributed by atoms with Crippen molar-refractivity contribution in [2.75, 3.05) is 13.2 Å². The van der Waals surface area contributed by atoms with Crippen molar-refractivity contribution in [3.63, 3.8) is 0 Å². The number of nitrogens with zero attached hydrogens (tertiary/aromatic N) is 2. The van der Waals surface area contributed by atoms with E-state index in [1.807, 2.05) is 18.2 Å². The Morgan fingerprint density at radius 1 is 1.14 bits per heavy atom. The highest BCUT2D eigenvalue weighted by Gasteiger charge is 2.13. The molecule has 3 rings (SSSR count). The summed E-state index contributed by atoms with van der Waals surface area (Å²) < 4.78 is 7.39. The van der Waals surface area contributed by atoms with Crippen LogP contribution >= 0.6 is 0 Å². The van der Waals surface area contributed by atoms with Gasteiger partial charge in [0.1, 0.15) is 11.6 Å². The predicted octanol–water partition coefficient (Wildman–Crippen LogP) is 2.45. The Morgan fingerprint density at radius 3 is 2.54 bits per heavy atom. The summed E-state index contributed by atoms with van der Waals surface area (Å²) in [7, 11) is 0. The SMILES string of the molecule is CC(C)n1c(CCNC(=O)c2ccc(OCC(N)=O)cc2)nc2ccccc21. The number of benzene rings is 2. The lowest BCUT2D eigenvalue weighted by molar-refractivity contribution is -0.119. The second-order valence-electron chi connectivity index (χ2n) is 6.77. The average Bonchev–Trinajstić information content (AvgIpc) is 3.05. The zero-order valence-corrected chi connectivity index (χ0v) is 16.0. The molecule has 3 aromatic rings. The van der Waals surface area contributed by atoms with Crippen LogP contribution in [0.3, 0.4) is 0 Å². The van der Waals surface area contributed by atoms with Gasteiger partial charge >= 0.3 is 0 Å². The van der Waals surface area contributed by atoms with Gasteiger partial charge in [0.25, 0.3) is 11.8 Å². The van der Waals surface area contributed by atoms with Gasteiger partial charge < -0.3 is 20.4 Å². The van der Waals surface area contributed by atoms with Crippen LogP contribution in [0.2, 0.25) is 0 Å². The van der Waals surface area contributed by atoms with Crippen LogP contribution < -0.4 is 15.8 Å². The summed E-state index contributed by atoms with van der Waals surface area (Å²) >= 11 is 0. The number of ether oxygens (including phenoxy) is 1. The van der Waals surface area contributed by atoms with Gasteiger partial charge in [0, 0.05) is 24.6 Å². The van der Waals surface area contributed by atoms with Crippen molar-refractivity contribution < 1.29 is 14.3 Å². The standard InChI is InChI=1S/C21H24N4O3/c1-14(2)25-18-6-4-3-5-17(18)24-20(25)11-12-23-21(27)15-7-9-16(10-8-15)28-13-19(22)26/h3-10,14H,11-13H2,1-2H3,(H2,22,26)(H,23,27). The Kier molecular flexibility index (Phi) is 5.93.